The smallest absolute Gasteiger partial charge is 0.416 e. The van der Waals surface area contributed by atoms with Crippen molar-refractivity contribution in [2.24, 2.45) is 5.92 Å². The van der Waals surface area contributed by atoms with Crippen molar-refractivity contribution in [3.05, 3.63) is 53.6 Å². The summed E-state index contributed by atoms with van der Waals surface area (Å²) in [6.45, 7) is 7.38. The number of benzene rings is 2. The number of hydrogen-bond donors (Lipinski definition) is 4. The maximum absolute atomic E-state index is 13.6. The topological polar surface area (TPSA) is 123 Å². The zero-order chi connectivity index (χ0) is 30.5. The Morgan fingerprint density at radius 1 is 1.12 bits per heavy atom. The van der Waals surface area contributed by atoms with Gasteiger partial charge < -0.3 is 35.6 Å². The Kier molecular flexibility index (Phi) is 10.1. The Labute approximate surface area is 236 Å². The fourth-order valence-electron chi connectivity index (χ4n) is 4.30. The van der Waals surface area contributed by atoms with E-state index in [1.54, 1.807) is 20.0 Å². The molecule has 0 bridgehead atoms. The van der Waals surface area contributed by atoms with Gasteiger partial charge in [0.15, 0.2) is 5.75 Å². The third-order valence-corrected chi connectivity index (χ3v) is 6.62. The Morgan fingerprint density at radius 2 is 1.78 bits per heavy atom. The highest BCUT2D eigenvalue weighted by Crippen LogP contribution is 2.35. The Morgan fingerprint density at radius 3 is 2.37 bits per heavy atom. The van der Waals surface area contributed by atoms with Crippen LogP contribution in [0, 0.1) is 5.92 Å². The standard InChI is InChI=1S/C28H36F3N5O5/c1-16(2)32-27(40)35(5)14-23-17(3)13-36(18(4)15-37)25(38)21-7-6-8-22(24(21)41-23)34-26(39)33-20-11-9-19(10-12-20)28(29,30)31/h6-12,16-18,23,37H,13-15H2,1-5H3,(H,32,40)(H2,33,34,39)/t17-,18+,23+/m0/s1. The van der Waals surface area contributed by atoms with E-state index in [1.807, 2.05) is 20.8 Å². The largest absolute Gasteiger partial charge is 0.485 e. The first-order chi connectivity index (χ1) is 19.2. The van der Waals surface area contributed by atoms with Crippen molar-refractivity contribution in [1.82, 2.24) is 15.1 Å². The fraction of sp³-hybridized carbons (Fsp3) is 0.464. The molecular weight excluding hydrogens is 543 g/mol. The Hall–Kier alpha value is -4.00. The molecule has 1 aliphatic rings. The van der Waals surface area contributed by atoms with Gasteiger partial charge in [0, 0.05) is 31.2 Å². The van der Waals surface area contributed by atoms with Crippen molar-refractivity contribution in [3.8, 4) is 5.75 Å². The molecule has 1 heterocycles. The molecule has 0 unspecified atom stereocenters. The number of halogens is 3. The number of ether oxygens (including phenoxy) is 1. The molecule has 4 N–H and O–H groups in total. The zero-order valence-electron chi connectivity index (χ0n) is 23.6. The van der Waals surface area contributed by atoms with Gasteiger partial charge in [-0.05, 0) is 57.2 Å². The summed E-state index contributed by atoms with van der Waals surface area (Å²) in [5, 5.41) is 17.7. The molecule has 0 spiro atoms. The highest BCUT2D eigenvalue weighted by atomic mass is 19.4. The van der Waals surface area contributed by atoms with Crippen LogP contribution in [-0.4, -0.2) is 77.8 Å². The van der Waals surface area contributed by atoms with Crippen LogP contribution in [-0.2, 0) is 6.18 Å². The van der Waals surface area contributed by atoms with Crippen LogP contribution in [0.1, 0.15) is 43.6 Å². The van der Waals surface area contributed by atoms with Crippen molar-refractivity contribution < 1.29 is 37.4 Å². The van der Waals surface area contributed by atoms with Crippen LogP contribution in [0.15, 0.2) is 42.5 Å². The van der Waals surface area contributed by atoms with E-state index in [0.717, 1.165) is 24.3 Å². The second kappa shape index (κ2) is 13.1. The fourth-order valence-corrected chi connectivity index (χ4v) is 4.30. The van der Waals surface area contributed by atoms with Crippen LogP contribution in [0.2, 0.25) is 0 Å². The minimum Gasteiger partial charge on any atom is -0.485 e. The molecule has 2 aromatic carbocycles. The van der Waals surface area contributed by atoms with E-state index in [4.69, 9.17) is 4.74 Å². The van der Waals surface area contributed by atoms with Gasteiger partial charge in [0.1, 0.15) is 6.10 Å². The number of nitrogens with one attached hydrogen (secondary N) is 3. The van der Waals surface area contributed by atoms with E-state index in [0.29, 0.717) is 0 Å². The molecule has 0 radical (unpaired) electrons. The number of carbonyl (C=O) groups is 3. The molecule has 13 heteroatoms. The molecule has 224 valence electrons. The van der Waals surface area contributed by atoms with Gasteiger partial charge in [0.05, 0.1) is 36.0 Å². The van der Waals surface area contributed by atoms with Gasteiger partial charge in [0.25, 0.3) is 5.91 Å². The first-order valence-electron chi connectivity index (χ1n) is 13.2. The van der Waals surface area contributed by atoms with E-state index < -0.39 is 35.8 Å². The summed E-state index contributed by atoms with van der Waals surface area (Å²) in [6.07, 6.45) is -5.12. The van der Waals surface area contributed by atoms with Crippen LogP contribution >= 0.6 is 0 Å². The normalized spacial score (nSPS) is 18.0. The lowest BCUT2D eigenvalue weighted by atomic mass is 9.99. The number of urea groups is 2. The van der Waals surface area contributed by atoms with E-state index in [-0.39, 0.29) is 60.4 Å². The number of hydrogen-bond acceptors (Lipinski definition) is 5. The van der Waals surface area contributed by atoms with E-state index in [1.165, 1.54) is 21.9 Å². The van der Waals surface area contributed by atoms with E-state index >= 15 is 0 Å². The van der Waals surface area contributed by atoms with Crippen molar-refractivity contribution in [2.45, 2.75) is 52.1 Å². The van der Waals surface area contributed by atoms with Crippen LogP contribution in [0.5, 0.6) is 5.75 Å². The summed E-state index contributed by atoms with van der Waals surface area (Å²) in [5.41, 5.74) is -0.443. The molecule has 0 saturated heterocycles. The number of likely N-dealkylation sites (N-methyl/N-ethyl adjacent to an activating group) is 1. The molecule has 1 aliphatic heterocycles. The van der Waals surface area contributed by atoms with Crippen molar-refractivity contribution in [1.29, 1.82) is 0 Å². The number of rotatable bonds is 7. The van der Waals surface area contributed by atoms with Crippen LogP contribution < -0.4 is 20.7 Å². The molecule has 3 rings (SSSR count). The van der Waals surface area contributed by atoms with E-state index in [9.17, 15) is 32.7 Å². The summed E-state index contributed by atoms with van der Waals surface area (Å²) >= 11 is 0. The first kappa shape index (κ1) is 31.5. The molecule has 5 amide bonds. The number of aliphatic hydroxyl groups excluding tert-OH is 1. The maximum Gasteiger partial charge on any atom is 0.416 e. The molecule has 0 aromatic heterocycles. The first-order valence-corrected chi connectivity index (χ1v) is 13.2. The summed E-state index contributed by atoms with van der Waals surface area (Å²) in [7, 11) is 1.62. The molecule has 2 aromatic rings. The molecule has 0 fully saturated rings. The number of fused-ring (bicyclic) bond motifs is 1. The minimum absolute atomic E-state index is 0.0735. The second-order valence-corrected chi connectivity index (χ2v) is 10.4. The van der Waals surface area contributed by atoms with Crippen LogP contribution in [0.3, 0.4) is 0 Å². The Bertz CT molecular complexity index is 1240. The summed E-state index contributed by atoms with van der Waals surface area (Å²) in [6, 6.07) is 6.90. The number of nitrogens with zero attached hydrogens (tertiary/aromatic N) is 2. The highest BCUT2D eigenvalue weighted by Gasteiger charge is 2.35. The van der Waals surface area contributed by atoms with E-state index in [2.05, 4.69) is 16.0 Å². The van der Waals surface area contributed by atoms with Gasteiger partial charge in [-0.25, -0.2) is 9.59 Å². The van der Waals surface area contributed by atoms with Gasteiger partial charge in [-0.2, -0.15) is 13.2 Å². The molecule has 10 nitrogen and oxygen atoms in total. The molecule has 41 heavy (non-hydrogen) atoms. The van der Waals surface area contributed by atoms with Gasteiger partial charge in [-0.15, -0.1) is 0 Å². The number of alkyl halides is 3. The van der Waals surface area contributed by atoms with Gasteiger partial charge in [-0.3, -0.25) is 4.79 Å². The highest BCUT2D eigenvalue weighted by molar-refractivity contribution is 6.04. The third kappa shape index (κ3) is 8.03. The number of para-hydroxylation sites is 1. The lowest BCUT2D eigenvalue weighted by Crippen LogP contribution is -2.51. The van der Waals surface area contributed by atoms with Crippen molar-refractivity contribution >= 4 is 29.3 Å². The molecular formula is C28H36F3N5O5. The quantitative estimate of drug-likeness (QED) is 0.381. The predicted octanol–water partition coefficient (Wildman–Crippen LogP) is 4.62. The number of anilines is 2. The zero-order valence-corrected chi connectivity index (χ0v) is 23.6. The van der Waals surface area contributed by atoms with Gasteiger partial charge in [-0.1, -0.05) is 13.0 Å². The number of carbonyl (C=O) groups excluding carboxylic acids is 3. The Balaban J connectivity index is 1.92. The third-order valence-electron chi connectivity index (χ3n) is 6.62. The van der Waals surface area contributed by atoms with Gasteiger partial charge >= 0.3 is 18.2 Å². The molecule has 0 saturated carbocycles. The summed E-state index contributed by atoms with van der Waals surface area (Å²) in [5.74, 6) is -0.626. The lowest BCUT2D eigenvalue weighted by Gasteiger charge is -2.38. The average molecular weight is 580 g/mol. The summed E-state index contributed by atoms with van der Waals surface area (Å²) in [4.78, 5) is 42.0. The van der Waals surface area contributed by atoms with Crippen molar-refractivity contribution in [2.75, 3.05) is 37.4 Å². The lowest BCUT2D eigenvalue weighted by molar-refractivity contribution is -0.137. The SMILES string of the molecule is CC(C)NC(=O)N(C)C[C@H]1Oc2c(NC(=O)Nc3ccc(C(F)(F)F)cc3)cccc2C(=O)N([C@H](C)CO)C[C@@H]1C. The average Bonchev–Trinajstić information content (AvgIpc) is 2.89. The molecule has 0 aliphatic carbocycles. The minimum atomic E-state index is -4.51. The number of aliphatic hydroxyl groups is 1. The monoisotopic (exact) mass is 579 g/mol. The predicted molar refractivity (Wildman–Crippen MR) is 148 cm³/mol. The molecule has 3 atom stereocenters. The summed E-state index contributed by atoms with van der Waals surface area (Å²) < 4.78 is 45.0. The van der Waals surface area contributed by atoms with Gasteiger partial charge in [0.2, 0.25) is 0 Å². The number of amides is 5. The van der Waals surface area contributed by atoms with Crippen molar-refractivity contribution in [3.63, 3.8) is 0 Å². The second-order valence-electron chi connectivity index (χ2n) is 10.4. The van der Waals surface area contributed by atoms with Crippen LogP contribution in [0.4, 0.5) is 34.1 Å². The van der Waals surface area contributed by atoms with Crippen LogP contribution in [0.25, 0.3) is 0 Å². The maximum atomic E-state index is 13.6.